The van der Waals surface area contributed by atoms with Crippen LogP contribution in [0.15, 0.2) is 17.5 Å². The molecule has 24 heavy (non-hydrogen) atoms. The molecule has 1 amide bonds. The molecule has 0 radical (unpaired) electrons. The van der Waals surface area contributed by atoms with Crippen LogP contribution in [0, 0.1) is 17.8 Å². The van der Waals surface area contributed by atoms with Crippen LogP contribution in [0.3, 0.4) is 0 Å². The molecule has 0 spiro atoms. The average molecular weight is 392 g/mol. The molecule has 4 nitrogen and oxygen atoms in total. The van der Waals surface area contributed by atoms with E-state index in [1.54, 1.807) is 0 Å². The van der Waals surface area contributed by atoms with Crippen molar-refractivity contribution in [2.75, 3.05) is 26.2 Å². The standard InChI is InChI=1S/C17H25N3OS.2ClH/c18-16-13-4-3-12(10-13)15(16)17(21)20-7-5-19(6-8-20)11-14-2-1-9-22-14;;/h1-2,9,12-13,15-16H,3-8,10-11,18H2;2*1H. The third-order valence-corrected chi connectivity index (χ3v) is 6.77. The zero-order valence-corrected chi connectivity index (χ0v) is 16.3. The van der Waals surface area contributed by atoms with Crippen LogP contribution in [0.1, 0.15) is 24.1 Å². The van der Waals surface area contributed by atoms with Crippen molar-refractivity contribution in [2.45, 2.75) is 31.8 Å². The van der Waals surface area contributed by atoms with E-state index in [0.29, 0.717) is 17.7 Å². The minimum Gasteiger partial charge on any atom is -0.340 e. The van der Waals surface area contributed by atoms with Gasteiger partial charge < -0.3 is 10.6 Å². The quantitative estimate of drug-likeness (QED) is 0.861. The molecule has 1 aromatic rings. The van der Waals surface area contributed by atoms with E-state index in [0.717, 1.165) is 32.7 Å². The van der Waals surface area contributed by atoms with Crippen LogP contribution in [0.25, 0.3) is 0 Å². The van der Waals surface area contributed by atoms with Crippen LogP contribution in [0.2, 0.25) is 0 Å². The Balaban J connectivity index is 0.00000104. The first-order valence-corrected chi connectivity index (χ1v) is 9.39. The lowest BCUT2D eigenvalue weighted by Crippen LogP contribution is -2.53. The molecule has 1 saturated heterocycles. The van der Waals surface area contributed by atoms with Gasteiger partial charge in [0.25, 0.3) is 0 Å². The number of halogens is 2. The number of amides is 1. The van der Waals surface area contributed by atoms with Crippen molar-refractivity contribution in [3.05, 3.63) is 22.4 Å². The first-order chi connectivity index (χ1) is 10.7. The van der Waals surface area contributed by atoms with Crippen LogP contribution in [-0.2, 0) is 11.3 Å². The van der Waals surface area contributed by atoms with E-state index in [9.17, 15) is 4.79 Å². The maximum atomic E-state index is 12.9. The van der Waals surface area contributed by atoms with Crippen molar-refractivity contribution in [2.24, 2.45) is 23.5 Å². The van der Waals surface area contributed by atoms with Gasteiger partial charge in [-0.25, -0.2) is 0 Å². The first kappa shape index (κ1) is 20.0. The Morgan fingerprint density at radius 3 is 2.46 bits per heavy atom. The number of piperazine rings is 1. The van der Waals surface area contributed by atoms with Crippen LogP contribution in [-0.4, -0.2) is 47.9 Å². The normalized spacial score (nSPS) is 32.3. The van der Waals surface area contributed by atoms with Gasteiger partial charge in [-0.3, -0.25) is 9.69 Å². The lowest BCUT2D eigenvalue weighted by atomic mass is 9.84. The van der Waals surface area contributed by atoms with Gasteiger partial charge in [0.2, 0.25) is 5.91 Å². The second-order valence-corrected chi connectivity index (χ2v) is 8.15. The summed E-state index contributed by atoms with van der Waals surface area (Å²) in [5, 5.41) is 2.13. The van der Waals surface area contributed by atoms with Gasteiger partial charge in [0.15, 0.2) is 0 Å². The van der Waals surface area contributed by atoms with E-state index in [1.165, 1.54) is 24.1 Å². The molecular weight excluding hydrogens is 365 g/mol. The van der Waals surface area contributed by atoms with Crippen LogP contribution in [0.4, 0.5) is 0 Å². The van der Waals surface area contributed by atoms with Crippen molar-refractivity contribution in [3.8, 4) is 0 Å². The van der Waals surface area contributed by atoms with Crippen molar-refractivity contribution in [1.29, 1.82) is 0 Å². The highest BCUT2D eigenvalue weighted by molar-refractivity contribution is 7.09. The third-order valence-electron chi connectivity index (χ3n) is 5.91. The summed E-state index contributed by atoms with van der Waals surface area (Å²) < 4.78 is 0. The SMILES string of the molecule is Cl.Cl.NC1C2CCC(C2)C1C(=O)N1CCN(Cc2cccs2)CC1. The minimum atomic E-state index is 0. The predicted octanol–water partition coefficient (Wildman–Crippen LogP) is 2.61. The largest absolute Gasteiger partial charge is 0.340 e. The van der Waals surface area contributed by atoms with E-state index in [1.807, 2.05) is 11.3 Å². The molecule has 7 heteroatoms. The Bertz CT molecular complexity index is 532. The smallest absolute Gasteiger partial charge is 0.227 e. The number of nitrogens with zero attached hydrogens (tertiary/aromatic N) is 2. The first-order valence-electron chi connectivity index (χ1n) is 8.51. The fraction of sp³-hybridized carbons (Fsp3) is 0.706. The maximum Gasteiger partial charge on any atom is 0.227 e. The molecule has 4 rings (SSSR count). The summed E-state index contributed by atoms with van der Waals surface area (Å²) in [5.74, 6) is 1.63. The number of carbonyl (C=O) groups is 1. The van der Waals surface area contributed by atoms with E-state index in [4.69, 9.17) is 5.73 Å². The molecule has 2 heterocycles. The Morgan fingerprint density at radius 2 is 1.88 bits per heavy atom. The fourth-order valence-corrected chi connectivity index (χ4v) is 5.41. The molecule has 4 unspecified atom stereocenters. The Hall–Kier alpha value is -0.330. The molecule has 136 valence electrons. The number of fused-ring (bicyclic) bond motifs is 2. The fourth-order valence-electron chi connectivity index (χ4n) is 4.66. The van der Waals surface area contributed by atoms with Gasteiger partial charge in [-0.1, -0.05) is 6.07 Å². The Labute approximate surface area is 160 Å². The molecule has 2 aliphatic carbocycles. The highest BCUT2D eigenvalue weighted by atomic mass is 35.5. The summed E-state index contributed by atoms with van der Waals surface area (Å²) in [6.07, 6.45) is 3.65. The minimum absolute atomic E-state index is 0. The molecule has 4 atom stereocenters. The lowest BCUT2D eigenvalue weighted by molar-refractivity contribution is -0.139. The molecule has 1 aromatic heterocycles. The topological polar surface area (TPSA) is 49.6 Å². The zero-order valence-electron chi connectivity index (χ0n) is 13.8. The summed E-state index contributed by atoms with van der Waals surface area (Å²) in [6, 6.07) is 4.42. The monoisotopic (exact) mass is 391 g/mol. The van der Waals surface area contributed by atoms with Crippen molar-refractivity contribution >= 4 is 42.1 Å². The molecule has 0 aromatic carbocycles. The molecule has 2 bridgehead atoms. The summed E-state index contributed by atoms with van der Waals surface area (Å²) >= 11 is 1.81. The van der Waals surface area contributed by atoms with Crippen molar-refractivity contribution in [3.63, 3.8) is 0 Å². The maximum absolute atomic E-state index is 12.9. The molecular formula is C17H27Cl2N3OS. The van der Waals surface area contributed by atoms with Gasteiger partial charge in [-0.15, -0.1) is 36.2 Å². The average Bonchev–Trinajstić information content (AvgIpc) is 3.24. The summed E-state index contributed by atoms with van der Waals surface area (Å²) in [5.41, 5.74) is 6.33. The molecule has 2 N–H and O–H groups in total. The van der Waals surface area contributed by atoms with Gasteiger partial charge in [0.1, 0.15) is 0 Å². The zero-order chi connectivity index (χ0) is 15.1. The van der Waals surface area contributed by atoms with Gasteiger partial charge in [-0.05, 0) is 42.5 Å². The lowest BCUT2D eigenvalue weighted by Gasteiger charge is -2.38. The highest BCUT2D eigenvalue weighted by Crippen LogP contribution is 2.48. The predicted molar refractivity (Wildman–Crippen MR) is 103 cm³/mol. The van der Waals surface area contributed by atoms with E-state index < -0.39 is 0 Å². The molecule has 2 saturated carbocycles. The van der Waals surface area contributed by atoms with Crippen LogP contribution in [0.5, 0.6) is 0 Å². The second kappa shape index (κ2) is 8.37. The Morgan fingerprint density at radius 1 is 1.17 bits per heavy atom. The number of hydrogen-bond acceptors (Lipinski definition) is 4. The third kappa shape index (κ3) is 3.75. The summed E-state index contributed by atoms with van der Waals surface area (Å²) in [7, 11) is 0. The van der Waals surface area contributed by atoms with Crippen molar-refractivity contribution < 1.29 is 4.79 Å². The van der Waals surface area contributed by atoms with Gasteiger partial charge in [0.05, 0.1) is 5.92 Å². The van der Waals surface area contributed by atoms with Crippen LogP contribution < -0.4 is 5.73 Å². The van der Waals surface area contributed by atoms with Gasteiger partial charge in [0, 0.05) is 43.6 Å². The number of thiophene rings is 1. The number of carbonyl (C=O) groups excluding carboxylic acids is 1. The molecule has 1 aliphatic heterocycles. The van der Waals surface area contributed by atoms with Crippen LogP contribution >= 0.6 is 36.2 Å². The highest BCUT2D eigenvalue weighted by Gasteiger charge is 2.50. The molecule has 3 fully saturated rings. The van der Waals surface area contributed by atoms with E-state index in [2.05, 4.69) is 27.3 Å². The number of nitrogens with two attached hydrogens (primary N) is 1. The van der Waals surface area contributed by atoms with Gasteiger partial charge >= 0.3 is 0 Å². The van der Waals surface area contributed by atoms with Gasteiger partial charge in [-0.2, -0.15) is 0 Å². The molecule has 3 aliphatic rings. The number of rotatable bonds is 3. The Kier molecular flexibility index (Phi) is 6.97. The summed E-state index contributed by atoms with van der Waals surface area (Å²) in [4.78, 5) is 18.8. The second-order valence-electron chi connectivity index (χ2n) is 7.12. The van der Waals surface area contributed by atoms with E-state index >= 15 is 0 Å². The van der Waals surface area contributed by atoms with E-state index in [-0.39, 0.29) is 36.8 Å². The summed E-state index contributed by atoms with van der Waals surface area (Å²) in [6.45, 7) is 4.72. The number of hydrogen-bond donors (Lipinski definition) is 1. The van der Waals surface area contributed by atoms with Crippen molar-refractivity contribution in [1.82, 2.24) is 9.80 Å².